The molecule has 11 bridgehead atoms. The van der Waals surface area contributed by atoms with Crippen LogP contribution in [0.3, 0.4) is 0 Å². The molecule has 1 aromatic rings. The number of hydrogen-bond acceptors (Lipinski definition) is 13. The second kappa shape index (κ2) is 13.4. The number of aliphatic hydroxyl groups excluding tert-OH is 2. The topological polar surface area (TPSA) is 194 Å². The van der Waals surface area contributed by atoms with Crippen LogP contribution >= 0.6 is 0 Å². The highest BCUT2D eigenvalue weighted by Crippen LogP contribution is 2.75. The zero-order chi connectivity index (χ0) is 40.5. The molecule has 57 heavy (non-hydrogen) atoms. The van der Waals surface area contributed by atoms with Crippen molar-refractivity contribution in [2.45, 2.75) is 150 Å². The molecule has 1 spiro atoms. The van der Waals surface area contributed by atoms with Gasteiger partial charge in [-0.15, -0.1) is 0 Å². The van der Waals surface area contributed by atoms with Crippen molar-refractivity contribution in [3.8, 4) is 0 Å². The molecule has 0 amide bonds. The number of esters is 2. The van der Waals surface area contributed by atoms with E-state index >= 15 is 0 Å². The monoisotopic (exact) mass is 794 g/mol. The number of carbonyl (C=O) groups excluding carboxylic acids is 2. The molecule has 12 rings (SSSR count). The van der Waals surface area contributed by atoms with Crippen molar-refractivity contribution >= 4 is 11.9 Å². The highest BCUT2D eigenvalue weighted by molar-refractivity contribution is 5.82. The predicted octanol–water partition coefficient (Wildman–Crippen LogP) is 3.18. The van der Waals surface area contributed by atoms with Crippen molar-refractivity contribution in [3.05, 3.63) is 60.2 Å². The minimum absolute atomic E-state index is 0.00642. The number of benzene rings is 1. The average Bonchev–Trinajstić information content (AvgIpc) is 3.86. The van der Waals surface area contributed by atoms with Crippen LogP contribution < -0.4 is 0 Å². The molecule has 7 heterocycles. The van der Waals surface area contributed by atoms with Crippen LogP contribution in [0.5, 0.6) is 0 Å². The molecule has 11 aliphatic rings. The second-order valence-corrected chi connectivity index (χ2v) is 19.2. The minimum Gasteiger partial charge on any atom is -0.458 e. The van der Waals surface area contributed by atoms with Gasteiger partial charge in [-0.3, -0.25) is 4.79 Å². The Morgan fingerprint density at radius 1 is 0.947 bits per heavy atom. The number of fused-ring (bicyclic) bond motifs is 2. The van der Waals surface area contributed by atoms with E-state index in [-0.39, 0.29) is 43.0 Å². The first kappa shape index (κ1) is 39.7. The number of allylic oxidation sites excluding steroid dienone is 2. The van der Waals surface area contributed by atoms with Gasteiger partial charge in [-0.25, -0.2) is 4.79 Å². The quantitative estimate of drug-likeness (QED) is 0.216. The van der Waals surface area contributed by atoms with Crippen LogP contribution in [0, 0.1) is 41.4 Å². The van der Waals surface area contributed by atoms with E-state index in [9.17, 15) is 35.1 Å². The zero-order valence-corrected chi connectivity index (χ0v) is 33.4. The first-order valence-corrected chi connectivity index (χ1v) is 21.0. The van der Waals surface area contributed by atoms with Crippen LogP contribution in [-0.2, 0) is 44.0 Å². The fourth-order valence-electron chi connectivity index (χ4n) is 12.8. The molecule has 8 fully saturated rings. The van der Waals surface area contributed by atoms with Crippen LogP contribution in [0.25, 0.3) is 0 Å². The van der Waals surface area contributed by atoms with E-state index in [1.54, 1.807) is 31.2 Å². The summed E-state index contributed by atoms with van der Waals surface area (Å²) in [5.41, 5.74) is -8.71. The Kier molecular flexibility index (Phi) is 9.33. The van der Waals surface area contributed by atoms with Gasteiger partial charge in [0.2, 0.25) is 0 Å². The molecule has 4 saturated carbocycles. The van der Waals surface area contributed by atoms with Gasteiger partial charge in [0.05, 0.1) is 17.8 Å². The summed E-state index contributed by atoms with van der Waals surface area (Å²) in [6.07, 6.45) is 2.84. The minimum atomic E-state index is -2.21. The van der Waals surface area contributed by atoms with Crippen LogP contribution in [0.4, 0.5) is 0 Å². The molecule has 5 N–H and O–H groups in total. The van der Waals surface area contributed by atoms with Gasteiger partial charge in [0.15, 0.2) is 0 Å². The van der Waals surface area contributed by atoms with E-state index in [2.05, 4.69) is 0 Å². The van der Waals surface area contributed by atoms with Gasteiger partial charge in [0, 0.05) is 35.8 Å². The molecule has 4 saturated heterocycles. The predicted molar refractivity (Wildman–Crippen MR) is 200 cm³/mol. The van der Waals surface area contributed by atoms with Crippen LogP contribution in [0.2, 0.25) is 0 Å². The number of epoxide rings is 1. The van der Waals surface area contributed by atoms with Crippen LogP contribution in [0.15, 0.2) is 54.6 Å². The number of carbonyl (C=O) groups is 2. The highest BCUT2D eigenvalue weighted by atomic mass is 16.9. The maximum absolute atomic E-state index is 13.7. The van der Waals surface area contributed by atoms with Gasteiger partial charge in [0.1, 0.15) is 53.4 Å². The number of rotatable bonds is 5. The second-order valence-electron chi connectivity index (χ2n) is 19.2. The third-order valence-corrected chi connectivity index (χ3v) is 15.4. The molecule has 0 aromatic heterocycles. The van der Waals surface area contributed by atoms with Crippen molar-refractivity contribution < 1.29 is 63.5 Å². The standard InChI is InChI=1S/C44H58O13/c1-23(2)19-32(47)52-29-13-9-10-14-31(46)53-34-24(3)20-30-41(34,50)38(48)40(22-45)36(54-40)33-37-43(51,39(5,49)21-26-15-17-27(29)18-16-26)35-25(4)42(30,33)57-44(55-35,56-37)28-11-7-6-8-12-28/h6-14,23-27,29-30,33-38,45,48-51H,15-22H2,1-5H3/b13-9+,14-10+/t24-,25+,26?,27?,29-,30+,33-,34-,35+,36-,37+,38+,39+,40-,41+,42-,43-,44?/m0/s1. The number of aliphatic hydroxyl groups is 5. The van der Waals surface area contributed by atoms with Crippen molar-refractivity contribution in [1.82, 2.24) is 0 Å². The summed E-state index contributed by atoms with van der Waals surface area (Å²) in [5.74, 6) is -5.95. The number of hydrogen-bond donors (Lipinski definition) is 5. The third kappa shape index (κ3) is 5.45. The summed E-state index contributed by atoms with van der Waals surface area (Å²) in [7, 11) is 0. The Morgan fingerprint density at radius 2 is 1.65 bits per heavy atom. The highest BCUT2D eigenvalue weighted by Gasteiger charge is 2.91. The normalized spacial score (nSPS) is 53.3. The van der Waals surface area contributed by atoms with Crippen molar-refractivity contribution in [2.24, 2.45) is 41.4 Å². The van der Waals surface area contributed by atoms with Crippen molar-refractivity contribution in [2.75, 3.05) is 6.61 Å². The molecule has 13 nitrogen and oxygen atoms in total. The summed E-state index contributed by atoms with van der Waals surface area (Å²) >= 11 is 0. The first-order valence-electron chi connectivity index (χ1n) is 21.0. The van der Waals surface area contributed by atoms with E-state index in [0.29, 0.717) is 31.2 Å². The van der Waals surface area contributed by atoms with E-state index < -0.39 is 107 Å². The third-order valence-electron chi connectivity index (χ3n) is 15.4. The molecule has 16 atom stereocenters. The molecule has 1 unspecified atom stereocenters. The van der Waals surface area contributed by atoms with Gasteiger partial charge in [-0.05, 0) is 75.2 Å². The first-order chi connectivity index (χ1) is 27.0. The van der Waals surface area contributed by atoms with E-state index in [1.807, 2.05) is 45.9 Å². The largest absolute Gasteiger partial charge is 0.458 e. The Morgan fingerprint density at radius 3 is 2.33 bits per heavy atom. The molecule has 13 heteroatoms. The van der Waals surface area contributed by atoms with Gasteiger partial charge >= 0.3 is 17.9 Å². The smallest absolute Gasteiger partial charge is 0.331 e. The van der Waals surface area contributed by atoms with E-state index in [0.717, 1.165) is 0 Å². The summed E-state index contributed by atoms with van der Waals surface area (Å²) in [6, 6.07) is 9.06. The maximum Gasteiger partial charge on any atom is 0.331 e. The van der Waals surface area contributed by atoms with E-state index in [4.69, 9.17) is 28.4 Å². The Balaban J connectivity index is 1.20. The molecule has 4 aliphatic carbocycles. The lowest BCUT2D eigenvalue weighted by Gasteiger charge is -2.74. The van der Waals surface area contributed by atoms with Crippen LogP contribution in [-0.4, -0.2) is 109 Å². The van der Waals surface area contributed by atoms with Crippen LogP contribution in [0.1, 0.15) is 85.1 Å². The lowest BCUT2D eigenvalue weighted by Crippen LogP contribution is -2.89. The zero-order valence-electron chi connectivity index (χ0n) is 33.4. The SMILES string of the molecule is CC(C)CC(=O)O[C@H]1/C=C/C=C/C(=O)O[C@H]2[C@@H](C)C[C@@H]3[C@]2(O)[C@H](O)[C@@]2(CO)O[C@H]2[C@H]2[C@H]4OC5(c6ccccc6)O[C@H]([C@@H](C)[C@@]23O5)[C@@]4(O)[C@](C)(O)CC2CCC1CC2. The van der Waals surface area contributed by atoms with Gasteiger partial charge in [0.25, 0.3) is 0 Å². The molecular weight excluding hydrogens is 736 g/mol. The molecule has 0 radical (unpaired) electrons. The molecule has 7 aliphatic heterocycles. The Hall–Kier alpha value is -2.72. The van der Waals surface area contributed by atoms with Gasteiger partial charge in [-0.1, -0.05) is 70.2 Å². The lowest BCUT2D eigenvalue weighted by molar-refractivity contribution is -0.595. The summed E-state index contributed by atoms with van der Waals surface area (Å²) in [4.78, 5) is 26.6. The Bertz CT molecular complexity index is 1810. The average molecular weight is 795 g/mol. The molecular formula is C44H58O13. The van der Waals surface area contributed by atoms with Gasteiger partial charge in [-0.2, -0.15) is 0 Å². The maximum atomic E-state index is 13.7. The van der Waals surface area contributed by atoms with Crippen molar-refractivity contribution in [3.63, 3.8) is 0 Å². The molecule has 312 valence electrons. The number of ether oxygens (including phenoxy) is 6. The Labute approximate surface area is 333 Å². The van der Waals surface area contributed by atoms with E-state index in [1.165, 1.54) is 12.2 Å². The summed E-state index contributed by atoms with van der Waals surface area (Å²) in [6.45, 7) is 8.55. The van der Waals surface area contributed by atoms with Crippen molar-refractivity contribution in [1.29, 1.82) is 0 Å². The summed E-state index contributed by atoms with van der Waals surface area (Å²) in [5, 5.41) is 63.1. The summed E-state index contributed by atoms with van der Waals surface area (Å²) < 4.78 is 39.4. The lowest BCUT2D eigenvalue weighted by atomic mass is 9.49. The van der Waals surface area contributed by atoms with Gasteiger partial charge < -0.3 is 54.0 Å². The molecule has 1 aromatic carbocycles. The fraction of sp³-hybridized carbons (Fsp3) is 0.727. The fourth-order valence-corrected chi connectivity index (χ4v) is 12.8.